The molecule has 0 unspecified atom stereocenters. The summed E-state index contributed by atoms with van der Waals surface area (Å²) in [5.74, 6) is -1.10. The Kier molecular flexibility index (Phi) is 11.6. The standard InChI is InChI=1S/C35H34N2O7/c1-25(36-34(40)28-17-19-30(20-18-28)44-29-15-9-4-10-16-29)33(39)37-31(35(41)43-24-27-13-7-3-8-14-27)21-22-32(38)42-23-26-11-5-2-6-12-26/h2-20,25,31H,21-24H2,1H3,(H,36,40)(H,37,39)/t25-,31-/m0/s1. The zero-order valence-corrected chi connectivity index (χ0v) is 24.3. The highest BCUT2D eigenvalue weighted by Crippen LogP contribution is 2.21. The van der Waals surface area contributed by atoms with Crippen LogP contribution in [0.5, 0.6) is 11.5 Å². The van der Waals surface area contributed by atoms with E-state index in [0.717, 1.165) is 11.1 Å². The van der Waals surface area contributed by atoms with Crippen LogP contribution in [-0.4, -0.2) is 35.8 Å². The van der Waals surface area contributed by atoms with E-state index in [2.05, 4.69) is 10.6 Å². The number of amides is 2. The van der Waals surface area contributed by atoms with Gasteiger partial charge in [-0.15, -0.1) is 0 Å². The molecule has 0 heterocycles. The molecule has 0 saturated carbocycles. The molecule has 0 aliphatic heterocycles. The molecule has 226 valence electrons. The van der Waals surface area contributed by atoms with Crippen molar-refractivity contribution in [3.8, 4) is 11.5 Å². The van der Waals surface area contributed by atoms with Crippen molar-refractivity contribution < 1.29 is 33.4 Å². The molecule has 0 spiro atoms. The zero-order chi connectivity index (χ0) is 31.1. The van der Waals surface area contributed by atoms with Crippen LogP contribution in [0.1, 0.15) is 41.3 Å². The number of rotatable bonds is 14. The van der Waals surface area contributed by atoms with Crippen LogP contribution >= 0.6 is 0 Å². The highest BCUT2D eigenvalue weighted by atomic mass is 16.5. The van der Waals surface area contributed by atoms with E-state index in [9.17, 15) is 19.2 Å². The summed E-state index contributed by atoms with van der Waals surface area (Å²) in [5, 5.41) is 5.25. The fraction of sp³-hybridized carbons (Fsp3) is 0.200. The van der Waals surface area contributed by atoms with Gasteiger partial charge in [-0.05, 0) is 60.9 Å². The maximum atomic E-state index is 13.0. The molecule has 4 aromatic carbocycles. The van der Waals surface area contributed by atoms with Crippen molar-refractivity contribution in [2.24, 2.45) is 0 Å². The van der Waals surface area contributed by atoms with E-state index >= 15 is 0 Å². The first kappa shape index (κ1) is 31.5. The number of esters is 2. The molecule has 4 aromatic rings. The molecule has 0 bridgehead atoms. The van der Waals surface area contributed by atoms with Gasteiger partial charge in [0, 0.05) is 12.0 Å². The molecule has 0 fully saturated rings. The SMILES string of the molecule is C[C@H](NC(=O)c1ccc(Oc2ccccc2)cc1)C(=O)N[C@@H](CCC(=O)OCc1ccccc1)C(=O)OCc1ccccc1. The highest BCUT2D eigenvalue weighted by molar-refractivity contribution is 5.98. The van der Waals surface area contributed by atoms with Gasteiger partial charge in [0.15, 0.2) is 0 Å². The number of para-hydroxylation sites is 1. The van der Waals surface area contributed by atoms with Crippen LogP contribution in [0.25, 0.3) is 0 Å². The lowest BCUT2D eigenvalue weighted by Crippen LogP contribution is -2.50. The minimum Gasteiger partial charge on any atom is -0.461 e. The molecule has 9 nitrogen and oxygen atoms in total. The summed E-state index contributed by atoms with van der Waals surface area (Å²) in [7, 11) is 0. The first-order chi connectivity index (χ1) is 21.4. The Bertz CT molecular complexity index is 1510. The summed E-state index contributed by atoms with van der Waals surface area (Å²) in [6, 6.07) is 31.9. The van der Waals surface area contributed by atoms with Crippen molar-refractivity contribution in [2.45, 2.75) is 45.1 Å². The molecule has 0 aromatic heterocycles. The second-order valence-corrected chi connectivity index (χ2v) is 9.97. The van der Waals surface area contributed by atoms with Gasteiger partial charge in [-0.2, -0.15) is 0 Å². The van der Waals surface area contributed by atoms with E-state index in [1.165, 1.54) is 6.92 Å². The van der Waals surface area contributed by atoms with Gasteiger partial charge in [0.1, 0.15) is 36.8 Å². The van der Waals surface area contributed by atoms with Gasteiger partial charge < -0.3 is 24.8 Å². The number of nitrogens with one attached hydrogen (secondary N) is 2. The van der Waals surface area contributed by atoms with Crippen molar-refractivity contribution >= 4 is 23.8 Å². The van der Waals surface area contributed by atoms with Crippen LogP contribution in [0.2, 0.25) is 0 Å². The van der Waals surface area contributed by atoms with Crippen LogP contribution in [0.4, 0.5) is 0 Å². The molecular weight excluding hydrogens is 560 g/mol. The quantitative estimate of drug-likeness (QED) is 0.189. The lowest BCUT2D eigenvalue weighted by atomic mass is 10.1. The maximum absolute atomic E-state index is 13.0. The van der Waals surface area contributed by atoms with Crippen LogP contribution in [0.3, 0.4) is 0 Å². The van der Waals surface area contributed by atoms with E-state index in [1.54, 1.807) is 36.4 Å². The second kappa shape index (κ2) is 16.3. The largest absolute Gasteiger partial charge is 0.461 e. The lowest BCUT2D eigenvalue weighted by molar-refractivity contribution is -0.150. The number of carbonyl (C=O) groups is 4. The summed E-state index contributed by atoms with van der Waals surface area (Å²) >= 11 is 0. The summed E-state index contributed by atoms with van der Waals surface area (Å²) in [5.41, 5.74) is 1.93. The number of hydrogen-bond acceptors (Lipinski definition) is 7. The molecule has 9 heteroatoms. The average molecular weight is 595 g/mol. The Balaban J connectivity index is 1.32. The predicted molar refractivity (Wildman–Crippen MR) is 164 cm³/mol. The Hall–Kier alpha value is -5.44. The van der Waals surface area contributed by atoms with Crippen LogP contribution in [-0.2, 0) is 37.1 Å². The Morgan fingerprint density at radius 1 is 0.636 bits per heavy atom. The number of benzene rings is 4. The molecular formula is C35H34N2O7. The lowest BCUT2D eigenvalue weighted by Gasteiger charge is -2.20. The van der Waals surface area contributed by atoms with E-state index in [-0.39, 0.29) is 26.1 Å². The van der Waals surface area contributed by atoms with Crippen LogP contribution in [0, 0.1) is 0 Å². The molecule has 0 radical (unpaired) electrons. The Morgan fingerprint density at radius 2 is 1.16 bits per heavy atom. The topological polar surface area (TPSA) is 120 Å². The van der Waals surface area contributed by atoms with Gasteiger partial charge in [-0.1, -0.05) is 78.9 Å². The van der Waals surface area contributed by atoms with Gasteiger partial charge in [-0.3, -0.25) is 14.4 Å². The third-order valence-corrected chi connectivity index (χ3v) is 6.54. The summed E-state index contributed by atoms with van der Waals surface area (Å²) in [6.45, 7) is 1.60. The van der Waals surface area contributed by atoms with Gasteiger partial charge >= 0.3 is 11.9 Å². The summed E-state index contributed by atoms with van der Waals surface area (Å²) in [6.07, 6.45) is -0.174. The van der Waals surface area contributed by atoms with Crippen molar-refractivity contribution in [1.29, 1.82) is 0 Å². The monoisotopic (exact) mass is 594 g/mol. The van der Waals surface area contributed by atoms with E-state index in [1.807, 2.05) is 78.9 Å². The highest BCUT2D eigenvalue weighted by Gasteiger charge is 2.27. The predicted octanol–water partition coefficient (Wildman–Crippen LogP) is 5.35. The zero-order valence-electron chi connectivity index (χ0n) is 24.3. The molecule has 4 rings (SSSR count). The summed E-state index contributed by atoms with van der Waals surface area (Å²) in [4.78, 5) is 51.3. The first-order valence-electron chi connectivity index (χ1n) is 14.2. The van der Waals surface area contributed by atoms with Gasteiger partial charge in [-0.25, -0.2) is 4.79 Å². The van der Waals surface area contributed by atoms with E-state index in [4.69, 9.17) is 14.2 Å². The Morgan fingerprint density at radius 3 is 1.75 bits per heavy atom. The second-order valence-electron chi connectivity index (χ2n) is 9.97. The molecule has 2 atom stereocenters. The Labute approximate surface area is 256 Å². The average Bonchev–Trinajstić information content (AvgIpc) is 3.06. The molecule has 0 aliphatic carbocycles. The van der Waals surface area contributed by atoms with Gasteiger partial charge in [0.05, 0.1) is 0 Å². The third kappa shape index (κ3) is 10.1. The smallest absolute Gasteiger partial charge is 0.328 e. The third-order valence-electron chi connectivity index (χ3n) is 6.54. The fourth-order valence-corrected chi connectivity index (χ4v) is 4.09. The number of carbonyl (C=O) groups excluding carboxylic acids is 4. The van der Waals surface area contributed by atoms with Crippen LogP contribution < -0.4 is 15.4 Å². The van der Waals surface area contributed by atoms with Crippen molar-refractivity contribution in [2.75, 3.05) is 0 Å². The molecule has 0 aliphatic rings. The number of ether oxygens (including phenoxy) is 3. The van der Waals surface area contributed by atoms with Gasteiger partial charge in [0.25, 0.3) is 5.91 Å². The normalized spacial score (nSPS) is 11.8. The number of hydrogen-bond donors (Lipinski definition) is 2. The van der Waals surface area contributed by atoms with E-state index in [0.29, 0.717) is 17.1 Å². The fourth-order valence-electron chi connectivity index (χ4n) is 4.09. The molecule has 2 N–H and O–H groups in total. The first-order valence-corrected chi connectivity index (χ1v) is 14.2. The van der Waals surface area contributed by atoms with Crippen LogP contribution in [0.15, 0.2) is 115 Å². The maximum Gasteiger partial charge on any atom is 0.328 e. The molecule has 2 amide bonds. The minimum absolute atomic E-state index is 0.000763. The van der Waals surface area contributed by atoms with Crippen molar-refractivity contribution in [3.05, 3.63) is 132 Å². The minimum atomic E-state index is -1.13. The van der Waals surface area contributed by atoms with Gasteiger partial charge in [0.2, 0.25) is 5.91 Å². The molecule has 0 saturated heterocycles. The van der Waals surface area contributed by atoms with E-state index < -0.39 is 35.8 Å². The summed E-state index contributed by atoms with van der Waals surface area (Å²) < 4.78 is 16.5. The van der Waals surface area contributed by atoms with Crippen molar-refractivity contribution in [1.82, 2.24) is 10.6 Å². The molecule has 44 heavy (non-hydrogen) atoms. The van der Waals surface area contributed by atoms with Crippen molar-refractivity contribution in [3.63, 3.8) is 0 Å².